The van der Waals surface area contributed by atoms with Crippen LogP contribution in [0.1, 0.15) is 43.7 Å². The van der Waals surface area contributed by atoms with Crippen LogP contribution in [0.3, 0.4) is 0 Å². The van der Waals surface area contributed by atoms with Crippen LogP contribution in [0.5, 0.6) is 5.75 Å². The molecule has 1 aromatic carbocycles. The smallest absolute Gasteiger partial charge is 0.387 e. The van der Waals surface area contributed by atoms with E-state index in [1.807, 2.05) is 19.9 Å². The van der Waals surface area contributed by atoms with Gasteiger partial charge in [-0.2, -0.15) is 8.78 Å². The molecule has 0 saturated heterocycles. The lowest BCUT2D eigenvalue weighted by Gasteiger charge is -2.42. The topological polar surface area (TPSA) is 54.9 Å². The summed E-state index contributed by atoms with van der Waals surface area (Å²) in [6, 6.07) is 5.15. The van der Waals surface area contributed by atoms with Crippen molar-refractivity contribution in [2.24, 2.45) is 10.4 Å². The minimum absolute atomic E-state index is 0. The lowest BCUT2D eigenvalue weighted by Crippen LogP contribution is -2.47. The number of aryl methyl sites for hydroxylation is 1. The number of halogens is 3. The number of hydrogen-bond donors (Lipinski definition) is 2. The van der Waals surface area contributed by atoms with E-state index in [4.69, 9.17) is 4.74 Å². The molecule has 0 spiro atoms. The fraction of sp³-hybridized carbons (Fsp3) is 0.650. The lowest BCUT2D eigenvalue weighted by atomic mass is 9.67. The van der Waals surface area contributed by atoms with E-state index >= 15 is 0 Å². The van der Waals surface area contributed by atoms with E-state index in [2.05, 4.69) is 20.4 Å². The molecule has 1 aliphatic carbocycles. The molecule has 2 rings (SSSR count). The van der Waals surface area contributed by atoms with Crippen molar-refractivity contribution in [3.05, 3.63) is 29.3 Å². The number of rotatable bonds is 10. The molecule has 0 atom stereocenters. The number of ether oxygens (including phenoxy) is 2. The first kappa shape index (κ1) is 24.9. The molecule has 160 valence electrons. The molecule has 0 aliphatic heterocycles. The summed E-state index contributed by atoms with van der Waals surface area (Å²) in [7, 11) is 1.73. The van der Waals surface area contributed by atoms with Crippen molar-refractivity contribution in [1.29, 1.82) is 0 Å². The summed E-state index contributed by atoms with van der Waals surface area (Å²) in [5.74, 6) is 0.858. The number of guanidine groups is 1. The largest absolute Gasteiger partial charge is 0.434 e. The Morgan fingerprint density at radius 2 is 2.04 bits per heavy atom. The molecule has 28 heavy (non-hydrogen) atoms. The van der Waals surface area contributed by atoms with Crippen LogP contribution in [0.25, 0.3) is 0 Å². The molecule has 2 N–H and O–H groups in total. The maximum absolute atomic E-state index is 12.6. The normalized spacial score (nSPS) is 15.6. The number of benzene rings is 1. The highest BCUT2D eigenvalue weighted by molar-refractivity contribution is 14.0. The van der Waals surface area contributed by atoms with Crippen molar-refractivity contribution in [1.82, 2.24) is 10.6 Å². The first-order valence-corrected chi connectivity index (χ1v) is 9.53. The maximum Gasteiger partial charge on any atom is 0.387 e. The van der Waals surface area contributed by atoms with Crippen LogP contribution >= 0.6 is 24.0 Å². The van der Waals surface area contributed by atoms with E-state index in [1.54, 1.807) is 19.2 Å². The predicted molar refractivity (Wildman–Crippen MR) is 119 cm³/mol. The van der Waals surface area contributed by atoms with E-state index in [0.717, 1.165) is 31.7 Å². The second-order valence-electron chi connectivity index (χ2n) is 7.13. The Kier molecular flexibility index (Phi) is 11.0. The lowest BCUT2D eigenvalue weighted by molar-refractivity contribution is -0.0504. The summed E-state index contributed by atoms with van der Waals surface area (Å²) in [5, 5.41) is 6.64. The first-order chi connectivity index (χ1) is 13.0. The number of methoxy groups -OCH3 is 1. The molecule has 0 radical (unpaired) electrons. The van der Waals surface area contributed by atoms with E-state index in [-0.39, 0.29) is 41.7 Å². The van der Waals surface area contributed by atoms with Gasteiger partial charge >= 0.3 is 6.61 Å². The Hall–Kier alpha value is -1.16. The molecule has 0 heterocycles. The summed E-state index contributed by atoms with van der Waals surface area (Å²) in [5.41, 5.74) is 1.89. The van der Waals surface area contributed by atoms with Gasteiger partial charge in [-0.1, -0.05) is 24.1 Å². The van der Waals surface area contributed by atoms with Crippen LogP contribution in [0.2, 0.25) is 0 Å². The van der Waals surface area contributed by atoms with Crippen LogP contribution in [0.4, 0.5) is 8.78 Å². The van der Waals surface area contributed by atoms with Crippen molar-refractivity contribution in [3.8, 4) is 5.75 Å². The number of alkyl halides is 2. The SMILES string of the molecule is CCNC(=NCc1cc(C)ccc1OC(F)F)NCC1(CCOC)CCC1.I. The number of hydrogen-bond acceptors (Lipinski definition) is 3. The zero-order valence-electron chi connectivity index (χ0n) is 16.9. The van der Waals surface area contributed by atoms with Gasteiger partial charge in [-0.25, -0.2) is 4.99 Å². The van der Waals surface area contributed by atoms with Crippen molar-refractivity contribution >= 4 is 29.9 Å². The molecular weight excluding hydrogens is 479 g/mol. The van der Waals surface area contributed by atoms with Crippen molar-refractivity contribution in [2.75, 3.05) is 26.8 Å². The molecule has 0 amide bonds. The standard InChI is InChI=1S/C20H31F2N3O2.HI/c1-4-23-19(25-14-20(8-5-9-20)10-11-26-3)24-13-16-12-15(2)6-7-17(16)27-18(21)22;/h6-7,12,18H,4-5,8-11,13-14H2,1-3H3,(H2,23,24,25);1H. The molecule has 1 aromatic rings. The third-order valence-corrected chi connectivity index (χ3v) is 5.07. The third kappa shape index (κ3) is 7.69. The molecule has 5 nitrogen and oxygen atoms in total. The molecule has 0 unspecified atom stereocenters. The molecular formula is C20H32F2IN3O2. The fourth-order valence-electron chi connectivity index (χ4n) is 3.33. The number of aliphatic imine (C=N–C) groups is 1. The molecule has 1 fully saturated rings. The van der Waals surface area contributed by atoms with Crippen molar-refractivity contribution in [3.63, 3.8) is 0 Å². The highest BCUT2D eigenvalue weighted by Gasteiger charge is 2.36. The second kappa shape index (κ2) is 12.4. The third-order valence-electron chi connectivity index (χ3n) is 5.07. The fourth-order valence-corrected chi connectivity index (χ4v) is 3.33. The molecule has 0 aromatic heterocycles. The molecule has 1 saturated carbocycles. The highest BCUT2D eigenvalue weighted by atomic mass is 127. The van der Waals surface area contributed by atoms with Gasteiger partial charge in [-0.05, 0) is 44.6 Å². The Balaban J connectivity index is 0.00000392. The predicted octanol–water partition coefficient (Wildman–Crippen LogP) is 4.48. The van der Waals surface area contributed by atoms with Crippen LogP contribution in [0, 0.1) is 12.3 Å². The monoisotopic (exact) mass is 511 g/mol. The Bertz CT molecular complexity index is 625. The summed E-state index contributed by atoms with van der Waals surface area (Å²) < 4.78 is 35.1. The van der Waals surface area contributed by atoms with Gasteiger partial charge < -0.3 is 20.1 Å². The Labute approximate surface area is 183 Å². The number of nitrogens with one attached hydrogen (secondary N) is 2. The van der Waals surface area contributed by atoms with Crippen LogP contribution < -0.4 is 15.4 Å². The van der Waals surface area contributed by atoms with Gasteiger partial charge in [0.15, 0.2) is 5.96 Å². The average molecular weight is 511 g/mol. The molecule has 0 bridgehead atoms. The van der Waals surface area contributed by atoms with Crippen LogP contribution in [-0.4, -0.2) is 39.4 Å². The zero-order chi connectivity index (χ0) is 19.7. The van der Waals surface area contributed by atoms with Gasteiger partial charge in [-0.3, -0.25) is 0 Å². The highest BCUT2D eigenvalue weighted by Crippen LogP contribution is 2.43. The summed E-state index contributed by atoms with van der Waals surface area (Å²) in [4.78, 5) is 4.57. The van der Waals surface area contributed by atoms with Crippen molar-refractivity contribution in [2.45, 2.75) is 52.7 Å². The van der Waals surface area contributed by atoms with Gasteiger partial charge in [0.2, 0.25) is 0 Å². The van der Waals surface area contributed by atoms with Gasteiger partial charge in [0.05, 0.1) is 6.54 Å². The van der Waals surface area contributed by atoms with Gasteiger partial charge in [0.25, 0.3) is 0 Å². The van der Waals surface area contributed by atoms with E-state index in [0.29, 0.717) is 11.5 Å². The van der Waals surface area contributed by atoms with Crippen LogP contribution in [0.15, 0.2) is 23.2 Å². The molecule has 8 heteroatoms. The van der Waals surface area contributed by atoms with Gasteiger partial charge in [0, 0.05) is 32.4 Å². The summed E-state index contributed by atoms with van der Waals surface area (Å²) in [6.07, 6.45) is 4.65. The van der Waals surface area contributed by atoms with Gasteiger partial charge in [0.1, 0.15) is 5.75 Å². The van der Waals surface area contributed by atoms with E-state index < -0.39 is 6.61 Å². The Morgan fingerprint density at radius 1 is 1.29 bits per heavy atom. The minimum atomic E-state index is -2.85. The van der Waals surface area contributed by atoms with E-state index in [1.165, 1.54) is 19.3 Å². The van der Waals surface area contributed by atoms with Gasteiger partial charge in [-0.15, -0.1) is 24.0 Å². The first-order valence-electron chi connectivity index (χ1n) is 9.53. The summed E-state index contributed by atoms with van der Waals surface area (Å²) >= 11 is 0. The second-order valence-corrected chi connectivity index (χ2v) is 7.13. The van der Waals surface area contributed by atoms with E-state index in [9.17, 15) is 8.78 Å². The maximum atomic E-state index is 12.6. The minimum Gasteiger partial charge on any atom is -0.434 e. The molecule has 1 aliphatic rings. The number of nitrogens with zero attached hydrogens (tertiary/aromatic N) is 1. The average Bonchev–Trinajstić information content (AvgIpc) is 2.60. The van der Waals surface area contributed by atoms with Crippen molar-refractivity contribution < 1.29 is 18.3 Å². The quantitative estimate of drug-likeness (QED) is 0.277. The summed E-state index contributed by atoms with van der Waals surface area (Å²) in [6.45, 7) is 3.65. The zero-order valence-corrected chi connectivity index (χ0v) is 19.2. The van der Waals surface area contributed by atoms with Crippen LogP contribution in [-0.2, 0) is 11.3 Å². The Morgan fingerprint density at radius 3 is 2.61 bits per heavy atom.